The van der Waals surface area contributed by atoms with Crippen LogP contribution in [0.3, 0.4) is 0 Å². The number of furan rings is 1. The van der Waals surface area contributed by atoms with E-state index in [-0.39, 0.29) is 0 Å². The first-order chi connectivity index (χ1) is 6.86. The third-order valence-electron chi connectivity index (χ3n) is 3.00. The van der Waals surface area contributed by atoms with E-state index in [0.717, 1.165) is 11.7 Å². The van der Waals surface area contributed by atoms with Gasteiger partial charge in [-0.05, 0) is 30.9 Å². The molecule has 76 valence electrons. The minimum atomic E-state index is 0.508. The number of rotatable bonds is 2. The fourth-order valence-electron chi connectivity index (χ4n) is 2.05. The summed E-state index contributed by atoms with van der Waals surface area (Å²) >= 11 is 0. The van der Waals surface area contributed by atoms with E-state index in [2.05, 4.69) is 11.9 Å². The molecule has 2 unspecified atom stereocenters. The maximum absolute atomic E-state index is 5.21. The molecular formula is C12H17NO. The molecule has 0 aromatic carbocycles. The van der Waals surface area contributed by atoms with Crippen molar-refractivity contribution in [2.24, 2.45) is 10.9 Å². The van der Waals surface area contributed by atoms with E-state index in [0.29, 0.717) is 6.04 Å². The topological polar surface area (TPSA) is 25.5 Å². The van der Waals surface area contributed by atoms with E-state index in [1.807, 2.05) is 18.3 Å². The Bertz CT molecular complexity index is 289. The summed E-state index contributed by atoms with van der Waals surface area (Å²) in [7, 11) is 0. The molecule has 14 heavy (non-hydrogen) atoms. The first-order valence-corrected chi connectivity index (χ1v) is 5.43. The quantitative estimate of drug-likeness (QED) is 0.659. The highest BCUT2D eigenvalue weighted by Crippen LogP contribution is 2.26. The van der Waals surface area contributed by atoms with Crippen LogP contribution in [0.1, 0.15) is 38.4 Å². The maximum Gasteiger partial charge on any atom is 0.144 e. The highest BCUT2D eigenvalue weighted by molar-refractivity contribution is 5.75. The summed E-state index contributed by atoms with van der Waals surface area (Å²) in [4.78, 5) is 4.59. The summed E-state index contributed by atoms with van der Waals surface area (Å²) in [5.41, 5.74) is 0. The van der Waals surface area contributed by atoms with Crippen molar-refractivity contribution >= 4 is 6.21 Å². The predicted molar refractivity (Wildman–Crippen MR) is 57.7 cm³/mol. The summed E-state index contributed by atoms with van der Waals surface area (Å²) < 4.78 is 5.21. The molecule has 1 aliphatic rings. The third-order valence-corrected chi connectivity index (χ3v) is 3.00. The van der Waals surface area contributed by atoms with Crippen molar-refractivity contribution in [2.45, 2.75) is 38.6 Å². The van der Waals surface area contributed by atoms with Crippen molar-refractivity contribution in [3.8, 4) is 0 Å². The summed E-state index contributed by atoms with van der Waals surface area (Å²) in [6.07, 6.45) is 8.80. The minimum Gasteiger partial charge on any atom is -0.463 e. The molecule has 1 aliphatic carbocycles. The van der Waals surface area contributed by atoms with Crippen molar-refractivity contribution in [1.29, 1.82) is 0 Å². The van der Waals surface area contributed by atoms with Gasteiger partial charge in [0.2, 0.25) is 0 Å². The standard InChI is InChI=1S/C12H17NO/c1-10-5-2-3-7-12(10)13-9-11-6-4-8-14-11/h4,6,8-10,12H,2-3,5,7H2,1H3. The van der Waals surface area contributed by atoms with Crippen molar-refractivity contribution in [3.63, 3.8) is 0 Å². The summed E-state index contributed by atoms with van der Waals surface area (Å²) in [6, 6.07) is 4.34. The van der Waals surface area contributed by atoms with E-state index in [9.17, 15) is 0 Å². The number of hydrogen-bond acceptors (Lipinski definition) is 2. The molecule has 0 aliphatic heterocycles. The minimum absolute atomic E-state index is 0.508. The number of nitrogens with zero attached hydrogens (tertiary/aromatic N) is 1. The zero-order valence-corrected chi connectivity index (χ0v) is 8.65. The first kappa shape index (κ1) is 9.50. The Kier molecular flexibility index (Phi) is 3.02. The van der Waals surface area contributed by atoms with E-state index in [1.54, 1.807) is 6.26 Å². The maximum atomic E-state index is 5.21. The van der Waals surface area contributed by atoms with Crippen LogP contribution in [0.15, 0.2) is 27.8 Å². The molecule has 0 amide bonds. The molecule has 2 rings (SSSR count). The Labute approximate surface area is 85.0 Å². The molecule has 0 bridgehead atoms. The Balaban J connectivity index is 1.95. The van der Waals surface area contributed by atoms with Gasteiger partial charge in [-0.2, -0.15) is 0 Å². The zero-order valence-electron chi connectivity index (χ0n) is 8.65. The Morgan fingerprint density at radius 1 is 1.43 bits per heavy atom. The van der Waals surface area contributed by atoms with Crippen LogP contribution in [0.5, 0.6) is 0 Å². The van der Waals surface area contributed by atoms with Crippen LogP contribution in [0.4, 0.5) is 0 Å². The smallest absolute Gasteiger partial charge is 0.144 e. The van der Waals surface area contributed by atoms with Crippen LogP contribution in [0.2, 0.25) is 0 Å². The second-order valence-corrected chi connectivity index (χ2v) is 4.12. The van der Waals surface area contributed by atoms with Gasteiger partial charge in [-0.1, -0.05) is 19.8 Å². The largest absolute Gasteiger partial charge is 0.463 e. The number of hydrogen-bond donors (Lipinski definition) is 0. The van der Waals surface area contributed by atoms with Crippen LogP contribution < -0.4 is 0 Å². The molecule has 0 radical (unpaired) electrons. The predicted octanol–water partition coefficient (Wildman–Crippen LogP) is 3.28. The molecule has 0 N–H and O–H groups in total. The van der Waals surface area contributed by atoms with Gasteiger partial charge in [0.15, 0.2) is 0 Å². The highest BCUT2D eigenvalue weighted by Gasteiger charge is 2.19. The first-order valence-electron chi connectivity index (χ1n) is 5.43. The van der Waals surface area contributed by atoms with E-state index < -0.39 is 0 Å². The van der Waals surface area contributed by atoms with Crippen molar-refractivity contribution in [3.05, 3.63) is 24.2 Å². The van der Waals surface area contributed by atoms with Crippen molar-refractivity contribution in [1.82, 2.24) is 0 Å². The molecule has 1 saturated carbocycles. The fourth-order valence-corrected chi connectivity index (χ4v) is 2.05. The molecule has 1 heterocycles. The number of aliphatic imine (C=N–C) groups is 1. The second-order valence-electron chi connectivity index (χ2n) is 4.12. The van der Waals surface area contributed by atoms with Gasteiger partial charge >= 0.3 is 0 Å². The molecule has 0 saturated heterocycles. The van der Waals surface area contributed by atoms with E-state index >= 15 is 0 Å². The molecular weight excluding hydrogens is 174 g/mol. The summed E-state index contributed by atoms with van der Waals surface area (Å²) in [5, 5.41) is 0. The lowest BCUT2D eigenvalue weighted by atomic mass is 9.86. The average molecular weight is 191 g/mol. The second kappa shape index (κ2) is 4.45. The van der Waals surface area contributed by atoms with Crippen molar-refractivity contribution < 1.29 is 4.42 Å². The lowest BCUT2D eigenvalue weighted by Crippen LogP contribution is -2.20. The molecule has 2 atom stereocenters. The van der Waals surface area contributed by atoms with Crippen LogP contribution in [0, 0.1) is 5.92 Å². The van der Waals surface area contributed by atoms with Gasteiger partial charge in [-0.25, -0.2) is 0 Å². The van der Waals surface area contributed by atoms with Gasteiger partial charge in [-0.3, -0.25) is 4.99 Å². The molecule has 1 fully saturated rings. The molecule has 1 aromatic rings. The summed E-state index contributed by atoms with van der Waals surface area (Å²) in [5.74, 6) is 1.60. The highest BCUT2D eigenvalue weighted by atomic mass is 16.3. The van der Waals surface area contributed by atoms with Crippen LogP contribution in [-0.4, -0.2) is 12.3 Å². The Hall–Kier alpha value is -1.05. The Morgan fingerprint density at radius 3 is 3.00 bits per heavy atom. The van der Waals surface area contributed by atoms with Gasteiger partial charge in [0, 0.05) is 0 Å². The van der Waals surface area contributed by atoms with Gasteiger partial charge in [0.1, 0.15) is 5.76 Å². The van der Waals surface area contributed by atoms with Gasteiger partial charge in [-0.15, -0.1) is 0 Å². The lowest BCUT2D eigenvalue weighted by Gasteiger charge is -2.24. The van der Waals surface area contributed by atoms with Crippen LogP contribution in [-0.2, 0) is 0 Å². The van der Waals surface area contributed by atoms with Crippen molar-refractivity contribution in [2.75, 3.05) is 0 Å². The van der Waals surface area contributed by atoms with Crippen LogP contribution in [0.25, 0.3) is 0 Å². The molecule has 2 heteroatoms. The third kappa shape index (κ3) is 2.25. The normalized spacial score (nSPS) is 28.4. The summed E-state index contributed by atoms with van der Waals surface area (Å²) in [6.45, 7) is 2.29. The van der Waals surface area contributed by atoms with Gasteiger partial charge in [0.25, 0.3) is 0 Å². The molecule has 1 aromatic heterocycles. The fraction of sp³-hybridized carbons (Fsp3) is 0.583. The molecule has 2 nitrogen and oxygen atoms in total. The SMILES string of the molecule is CC1CCCCC1N=Cc1ccco1. The van der Waals surface area contributed by atoms with E-state index in [1.165, 1.54) is 25.7 Å². The average Bonchev–Trinajstić information content (AvgIpc) is 2.69. The zero-order chi connectivity index (χ0) is 9.80. The van der Waals surface area contributed by atoms with E-state index in [4.69, 9.17) is 4.42 Å². The van der Waals surface area contributed by atoms with Crippen LogP contribution >= 0.6 is 0 Å². The lowest BCUT2D eigenvalue weighted by molar-refractivity contribution is 0.333. The molecule has 0 spiro atoms. The van der Waals surface area contributed by atoms with Gasteiger partial charge < -0.3 is 4.42 Å². The van der Waals surface area contributed by atoms with Gasteiger partial charge in [0.05, 0.1) is 18.5 Å². The monoisotopic (exact) mass is 191 g/mol. The Morgan fingerprint density at radius 2 is 2.29 bits per heavy atom.